The van der Waals surface area contributed by atoms with Gasteiger partial charge >= 0.3 is 5.97 Å². The van der Waals surface area contributed by atoms with Crippen molar-refractivity contribution in [3.8, 4) is 0 Å². The van der Waals surface area contributed by atoms with E-state index in [4.69, 9.17) is 4.74 Å². The van der Waals surface area contributed by atoms with Crippen LogP contribution in [0.5, 0.6) is 0 Å². The molecule has 1 fully saturated rings. The first kappa shape index (κ1) is 33.5. The molecule has 1 atom stereocenters. The quantitative estimate of drug-likeness (QED) is 0.0845. The van der Waals surface area contributed by atoms with Gasteiger partial charge in [0, 0.05) is 0 Å². The average molecular weight is 508 g/mol. The third kappa shape index (κ3) is 22.6. The highest BCUT2D eigenvalue weighted by Gasteiger charge is 2.22. The zero-order chi connectivity index (χ0) is 25.8. The second-order valence-corrected chi connectivity index (χ2v) is 11.7. The maximum Gasteiger partial charge on any atom is 0.323 e. The average Bonchev–Trinajstić information content (AvgIpc) is 3.43. The minimum atomic E-state index is -0.0351. The lowest BCUT2D eigenvalue weighted by atomic mass is 10.0. The van der Waals surface area contributed by atoms with E-state index < -0.39 is 0 Å². The Kier molecular flexibility index (Phi) is 25.5. The van der Waals surface area contributed by atoms with E-state index in [9.17, 15) is 4.79 Å². The van der Waals surface area contributed by atoms with Gasteiger partial charge in [-0.3, -0.25) is 4.79 Å². The van der Waals surface area contributed by atoms with E-state index in [1.165, 1.54) is 161 Å². The van der Waals surface area contributed by atoms with Gasteiger partial charge in [0.2, 0.25) is 0 Å². The summed E-state index contributed by atoms with van der Waals surface area (Å²) < 4.78 is 5.38. The number of nitrogens with one attached hydrogen (secondary N) is 1. The molecule has 0 bridgehead atoms. The van der Waals surface area contributed by atoms with Crippen LogP contribution in [0.3, 0.4) is 0 Å². The first-order valence-corrected chi connectivity index (χ1v) is 16.7. The second-order valence-electron chi connectivity index (χ2n) is 11.7. The van der Waals surface area contributed by atoms with Gasteiger partial charge in [-0.2, -0.15) is 0 Å². The van der Waals surface area contributed by atoms with Gasteiger partial charge in [-0.1, -0.05) is 167 Å². The molecule has 0 aromatic carbocycles. The van der Waals surface area contributed by atoms with Crippen molar-refractivity contribution < 1.29 is 9.53 Å². The maximum atomic E-state index is 11.8. The lowest BCUT2D eigenvalue weighted by Crippen LogP contribution is -2.32. The monoisotopic (exact) mass is 508 g/mol. The Morgan fingerprint density at radius 2 is 0.889 bits per heavy atom. The molecule has 1 N–H and O–H groups in total. The summed E-state index contributed by atoms with van der Waals surface area (Å²) in [5.41, 5.74) is 0. The molecule has 0 aliphatic carbocycles. The lowest BCUT2D eigenvalue weighted by Gasteiger charge is -2.10. The predicted octanol–water partition coefficient (Wildman–Crippen LogP) is 10.4. The third-order valence-electron chi connectivity index (χ3n) is 8.09. The maximum absolute atomic E-state index is 11.8. The van der Waals surface area contributed by atoms with Gasteiger partial charge in [-0.25, -0.2) is 0 Å². The van der Waals surface area contributed by atoms with Crippen LogP contribution in [-0.2, 0) is 9.53 Å². The van der Waals surface area contributed by atoms with Crippen LogP contribution in [0.15, 0.2) is 0 Å². The fraction of sp³-hybridized carbons (Fsp3) is 0.970. The van der Waals surface area contributed by atoms with E-state index in [1.807, 2.05) is 0 Å². The van der Waals surface area contributed by atoms with Crippen LogP contribution in [0.2, 0.25) is 0 Å². The van der Waals surface area contributed by atoms with E-state index in [2.05, 4.69) is 12.2 Å². The summed E-state index contributed by atoms with van der Waals surface area (Å²) in [5, 5.41) is 3.20. The summed E-state index contributed by atoms with van der Waals surface area (Å²) in [6, 6.07) is -0.0333. The number of ether oxygens (including phenoxy) is 1. The van der Waals surface area contributed by atoms with E-state index >= 15 is 0 Å². The fourth-order valence-corrected chi connectivity index (χ4v) is 5.58. The Morgan fingerprint density at radius 3 is 1.19 bits per heavy atom. The topological polar surface area (TPSA) is 38.3 Å². The Bertz CT molecular complexity index is 447. The standard InChI is InChI=1S/C33H65NO2/c1-2-3-4-5-6-7-8-9-10-11-12-13-14-15-16-17-18-19-20-21-22-23-24-25-26-27-31-36-33(35)32-29-28-30-34-32/h32,34H,2-31H2,1H3. The van der Waals surface area contributed by atoms with Crippen LogP contribution in [0.4, 0.5) is 0 Å². The van der Waals surface area contributed by atoms with Gasteiger partial charge in [0.15, 0.2) is 0 Å². The zero-order valence-electron chi connectivity index (χ0n) is 24.6. The van der Waals surface area contributed by atoms with Crippen molar-refractivity contribution >= 4 is 5.97 Å². The van der Waals surface area contributed by atoms with Crippen LogP contribution < -0.4 is 5.32 Å². The zero-order valence-corrected chi connectivity index (χ0v) is 24.6. The van der Waals surface area contributed by atoms with Crippen molar-refractivity contribution in [2.75, 3.05) is 13.2 Å². The normalized spacial score (nSPS) is 15.5. The first-order chi connectivity index (χ1) is 17.8. The highest BCUT2D eigenvalue weighted by atomic mass is 16.5. The molecule has 0 saturated carbocycles. The molecule has 1 aliphatic rings. The number of hydrogen-bond donors (Lipinski definition) is 1. The van der Waals surface area contributed by atoms with Crippen LogP contribution in [-0.4, -0.2) is 25.2 Å². The largest absolute Gasteiger partial charge is 0.465 e. The van der Waals surface area contributed by atoms with Gasteiger partial charge in [0.25, 0.3) is 0 Å². The molecule has 0 radical (unpaired) electrons. The minimum Gasteiger partial charge on any atom is -0.465 e. The lowest BCUT2D eigenvalue weighted by molar-refractivity contribution is -0.145. The van der Waals surface area contributed by atoms with E-state index in [0.717, 1.165) is 25.8 Å². The molecule has 0 aromatic rings. The van der Waals surface area contributed by atoms with Crippen molar-refractivity contribution in [3.63, 3.8) is 0 Å². The van der Waals surface area contributed by atoms with Crippen molar-refractivity contribution in [1.82, 2.24) is 5.32 Å². The molecule has 0 aromatic heterocycles. The van der Waals surface area contributed by atoms with Crippen molar-refractivity contribution in [3.05, 3.63) is 0 Å². The van der Waals surface area contributed by atoms with Crippen LogP contribution in [0.1, 0.15) is 187 Å². The molecule has 214 valence electrons. The summed E-state index contributed by atoms with van der Waals surface area (Å²) in [6.07, 6.45) is 38.8. The van der Waals surface area contributed by atoms with Gasteiger partial charge in [-0.15, -0.1) is 0 Å². The van der Waals surface area contributed by atoms with E-state index in [1.54, 1.807) is 0 Å². The van der Waals surface area contributed by atoms with Crippen LogP contribution in [0, 0.1) is 0 Å². The molecule has 3 heteroatoms. The highest BCUT2D eigenvalue weighted by molar-refractivity contribution is 5.76. The summed E-state index contributed by atoms with van der Waals surface area (Å²) in [5.74, 6) is -0.0351. The van der Waals surface area contributed by atoms with E-state index in [0.29, 0.717) is 6.61 Å². The fourth-order valence-electron chi connectivity index (χ4n) is 5.58. The molecule has 1 heterocycles. The third-order valence-corrected chi connectivity index (χ3v) is 8.09. The Hall–Kier alpha value is -0.570. The number of rotatable bonds is 28. The number of esters is 1. The first-order valence-electron chi connectivity index (χ1n) is 16.7. The minimum absolute atomic E-state index is 0.0333. The molecule has 1 rings (SSSR count). The molecule has 1 aliphatic heterocycles. The Morgan fingerprint density at radius 1 is 0.556 bits per heavy atom. The van der Waals surface area contributed by atoms with Gasteiger partial charge in [-0.05, 0) is 25.8 Å². The second kappa shape index (κ2) is 27.5. The predicted molar refractivity (Wildman–Crippen MR) is 158 cm³/mol. The summed E-state index contributed by atoms with van der Waals surface area (Å²) in [7, 11) is 0. The molecule has 3 nitrogen and oxygen atoms in total. The molecule has 1 saturated heterocycles. The number of carbonyl (C=O) groups excluding carboxylic acids is 1. The summed E-state index contributed by atoms with van der Waals surface area (Å²) in [4.78, 5) is 11.8. The van der Waals surface area contributed by atoms with Gasteiger partial charge in [0.05, 0.1) is 6.61 Å². The smallest absolute Gasteiger partial charge is 0.323 e. The number of carbonyl (C=O) groups is 1. The molecule has 36 heavy (non-hydrogen) atoms. The van der Waals surface area contributed by atoms with E-state index in [-0.39, 0.29) is 12.0 Å². The molecule has 1 unspecified atom stereocenters. The number of hydrogen-bond acceptors (Lipinski definition) is 3. The summed E-state index contributed by atoms with van der Waals surface area (Å²) >= 11 is 0. The Labute approximate surface area is 226 Å². The number of unbranched alkanes of at least 4 members (excludes halogenated alkanes) is 25. The molecule has 0 spiro atoms. The molecule has 0 amide bonds. The SMILES string of the molecule is CCCCCCCCCCCCCCCCCCCCCCCCCCCCOC(=O)C1CCCN1. The van der Waals surface area contributed by atoms with Crippen molar-refractivity contribution in [2.45, 2.75) is 193 Å². The van der Waals surface area contributed by atoms with Crippen LogP contribution >= 0.6 is 0 Å². The van der Waals surface area contributed by atoms with Gasteiger partial charge in [0.1, 0.15) is 6.04 Å². The van der Waals surface area contributed by atoms with Crippen molar-refractivity contribution in [1.29, 1.82) is 0 Å². The Balaban J connectivity index is 1.63. The summed E-state index contributed by atoms with van der Waals surface area (Å²) in [6.45, 7) is 3.87. The van der Waals surface area contributed by atoms with Crippen LogP contribution in [0.25, 0.3) is 0 Å². The van der Waals surface area contributed by atoms with Crippen molar-refractivity contribution in [2.24, 2.45) is 0 Å². The highest BCUT2D eigenvalue weighted by Crippen LogP contribution is 2.16. The van der Waals surface area contributed by atoms with Gasteiger partial charge < -0.3 is 10.1 Å². The molecular formula is C33H65NO2. The molecular weight excluding hydrogens is 442 g/mol.